The minimum absolute atomic E-state index is 0. The molecule has 0 nitrogen and oxygen atoms in total. The molecule has 8 aromatic carbocycles. The Morgan fingerprint density at radius 3 is 1.59 bits per heavy atom. The molecule has 315 valence electrons. The number of benzene rings is 8. The van der Waals surface area contributed by atoms with Gasteiger partial charge in [-0.2, -0.15) is 0 Å². The van der Waals surface area contributed by atoms with Crippen LogP contribution >= 0.6 is 0 Å². The molecule has 0 saturated heterocycles. The summed E-state index contributed by atoms with van der Waals surface area (Å²) in [4.78, 5) is 0. The quantitative estimate of drug-likeness (QED) is 0.151. The third-order valence-corrected chi connectivity index (χ3v) is 14.4. The predicted octanol–water partition coefficient (Wildman–Crippen LogP) is 8.21. The molecule has 0 radical (unpaired) electrons. The fraction of sp³-hybridized carbons (Fsp3) is 0.180. The van der Waals surface area contributed by atoms with Gasteiger partial charge in [-0.1, -0.05) is 0 Å². The van der Waals surface area contributed by atoms with E-state index in [0.717, 1.165) is 19.3 Å². The summed E-state index contributed by atoms with van der Waals surface area (Å²) < 4.78 is 1.45. The van der Waals surface area contributed by atoms with E-state index in [4.69, 9.17) is 0 Å². The van der Waals surface area contributed by atoms with Crippen molar-refractivity contribution < 1.29 is 49.5 Å². The van der Waals surface area contributed by atoms with Gasteiger partial charge in [0.25, 0.3) is 0 Å². The molecule has 0 amide bonds. The summed E-state index contributed by atoms with van der Waals surface area (Å²) in [7, 11) is 0. The molecule has 0 N–H and O–H groups in total. The van der Waals surface area contributed by atoms with Crippen molar-refractivity contribution in [3.8, 4) is 22.3 Å². The fourth-order valence-corrected chi connectivity index (χ4v) is 11.6. The summed E-state index contributed by atoms with van der Waals surface area (Å²) in [6, 6.07) is 59.4. The first kappa shape index (κ1) is 45.5. The largest absolute Gasteiger partial charge is 1.00 e. The van der Waals surface area contributed by atoms with Gasteiger partial charge in [-0.3, -0.25) is 0 Å². The Balaban J connectivity index is 0.00000280. The number of halogens is 2. The van der Waals surface area contributed by atoms with Crippen molar-refractivity contribution in [2.75, 3.05) is 0 Å². The van der Waals surface area contributed by atoms with Crippen LogP contribution in [0, 0.1) is 10.4 Å². The van der Waals surface area contributed by atoms with E-state index in [1.807, 2.05) is 0 Å². The molecule has 0 fully saturated rings. The molecule has 0 aromatic heterocycles. The molecule has 0 saturated carbocycles. The third kappa shape index (κ3) is 8.15. The molecule has 0 heterocycles. The van der Waals surface area contributed by atoms with E-state index in [9.17, 15) is 0 Å². The second-order valence-electron chi connectivity index (χ2n) is 19.4. The maximum absolute atomic E-state index is 2.62. The minimum atomic E-state index is -0.208. The normalized spacial score (nSPS) is 13.1. The van der Waals surface area contributed by atoms with Gasteiger partial charge >= 0.3 is 385 Å². The zero-order valence-corrected chi connectivity index (χ0v) is 41.6. The second kappa shape index (κ2) is 18.1. The predicted molar refractivity (Wildman–Crippen MR) is 261 cm³/mol. The SMILES string of the molecule is CC(C)(C)c1cc2c(cc1-c1ccccc1)=[C]([Zr+2])c1c(C3=CC=CC3)c(-c3ccccc3)c(C(C)(C)C)c(=C(Cc3cccc4ccccc34)Cc3cccc4ccccc34)c1=2.[Cl-].[Cl-]. The van der Waals surface area contributed by atoms with Crippen LogP contribution in [0.2, 0.25) is 0 Å². The summed E-state index contributed by atoms with van der Waals surface area (Å²) in [5.74, 6) is 0. The first-order valence-corrected chi connectivity index (χ1v) is 23.5. The molecule has 3 heteroatoms. The zero-order chi connectivity index (χ0) is 42.8. The van der Waals surface area contributed by atoms with Crippen molar-refractivity contribution in [1.82, 2.24) is 0 Å². The molecule has 0 aliphatic heterocycles. The van der Waals surface area contributed by atoms with Crippen LogP contribution in [0.1, 0.15) is 81.3 Å². The van der Waals surface area contributed by atoms with Crippen LogP contribution in [-0.4, -0.2) is 0 Å². The van der Waals surface area contributed by atoms with E-state index in [1.54, 1.807) is 0 Å². The number of fused-ring (bicyclic) bond motifs is 4. The Bertz CT molecular complexity index is 3290. The van der Waals surface area contributed by atoms with Gasteiger partial charge in [0, 0.05) is 0 Å². The van der Waals surface area contributed by atoms with Gasteiger partial charge in [0.15, 0.2) is 0 Å². The van der Waals surface area contributed by atoms with Crippen molar-refractivity contribution in [2.24, 2.45) is 0 Å². The van der Waals surface area contributed by atoms with Gasteiger partial charge < -0.3 is 24.8 Å². The Kier molecular flexibility index (Phi) is 12.9. The molecular formula is C61H53Cl2Zr. The topological polar surface area (TPSA) is 0 Å². The number of allylic oxidation sites excluding steroid dienone is 4. The van der Waals surface area contributed by atoms with Gasteiger partial charge in [0.1, 0.15) is 0 Å². The van der Waals surface area contributed by atoms with Crippen LogP contribution < -0.4 is 35.3 Å². The molecule has 0 spiro atoms. The fourth-order valence-electron chi connectivity index (χ4n) is 10.4. The average Bonchev–Trinajstić information content (AvgIpc) is 3.92. The van der Waals surface area contributed by atoms with Crippen LogP contribution in [-0.2, 0) is 48.4 Å². The summed E-state index contributed by atoms with van der Waals surface area (Å²) in [5, 5.41) is 10.9. The van der Waals surface area contributed by atoms with Crippen LogP contribution in [0.25, 0.3) is 58.2 Å². The first-order valence-electron chi connectivity index (χ1n) is 22.3. The van der Waals surface area contributed by atoms with Gasteiger partial charge in [-0.25, -0.2) is 0 Å². The number of rotatable bonds is 7. The van der Waals surface area contributed by atoms with E-state index in [-0.39, 0.29) is 35.6 Å². The van der Waals surface area contributed by atoms with Crippen LogP contribution in [0.4, 0.5) is 0 Å². The molecule has 64 heavy (non-hydrogen) atoms. The molecule has 0 atom stereocenters. The molecule has 8 aromatic rings. The van der Waals surface area contributed by atoms with E-state index >= 15 is 0 Å². The molecule has 2 aliphatic carbocycles. The zero-order valence-electron chi connectivity index (χ0n) is 37.6. The third-order valence-electron chi connectivity index (χ3n) is 13.2. The van der Waals surface area contributed by atoms with Gasteiger partial charge in [-0.05, 0) is 0 Å². The first-order chi connectivity index (χ1) is 30.0. The number of hydrogen-bond donors (Lipinski definition) is 0. The summed E-state index contributed by atoms with van der Waals surface area (Å²) in [5.41, 5.74) is 16.3. The molecular weight excluding hydrogens is 895 g/mol. The van der Waals surface area contributed by atoms with Gasteiger partial charge in [0.2, 0.25) is 0 Å². The molecule has 0 unspecified atom stereocenters. The summed E-state index contributed by atoms with van der Waals surface area (Å²) in [6.45, 7) is 14.5. The van der Waals surface area contributed by atoms with E-state index < -0.39 is 0 Å². The van der Waals surface area contributed by atoms with Crippen LogP contribution in [0.15, 0.2) is 176 Å². The van der Waals surface area contributed by atoms with Crippen molar-refractivity contribution in [3.05, 3.63) is 230 Å². The van der Waals surface area contributed by atoms with Gasteiger partial charge in [0.05, 0.1) is 0 Å². The van der Waals surface area contributed by atoms with Crippen molar-refractivity contribution >= 4 is 36.0 Å². The van der Waals surface area contributed by atoms with Crippen LogP contribution in [0.3, 0.4) is 0 Å². The monoisotopic (exact) mass is 945 g/mol. The Hall–Kier alpha value is -5.04. The maximum atomic E-state index is 2.62. The second-order valence-corrected chi connectivity index (χ2v) is 20.6. The van der Waals surface area contributed by atoms with Crippen molar-refractivity contribution in [3.63, 3.8) is 0 Å². The average molecular weight is 948 g/mol. The van der Waals surface area contributed by atoms with Crippen molar-refractivity contribution in [1.29, 1.82) is 0 Å². The smallest absolute Gasteiger partial charge is 1.00 e. The van der Waals surface area contributed by atoms with E-state index in [2.05, 4.69) is 217 Å². The molecule has 2 aliphatic rings. The van der Waals surface area contributed by atoms with Crippen LogP contribution in [0.5, 0.6) is 0 Å². The Morgan fingerprint density at radius 1 is 0.531 bits per heavy atom. The standard InChI is InChI=1S/C61H53.2ClH.Zr/c1-60(2,3)54-39-52-47(37-51(54)42-21-9-7-10-22-42)38-53-55(43-27-13-14-28-43)56(44-25-11-8-12-26-44)59(61(4,5)6)57(58(52)53)48(35-45-31-19-29-40-23-15-17-33-49(40)45)36-46-32-20-30-41-24-16-18-34-50(41)46;;;/h7-27,29-34,37,39H,28,35-36H2,1-6H3;2*1H;/q;;;+2/p-2. The van der Waals surface area contributed by atoms with E-state index in [1.165, 1.54) is 137 Å². The summed E-state index contributed by atoms with van der Waals surface area (Å²) >= 11 is 1.44. The number of hydrogen-bond acceptors (Lipinski definition) is 0. The maximum Gasteiger partial charge on any atom is -1.00 e. The minimum Gasteiger partial charge on any atom is -1.00 e. The summed E-state index contributed by atoms with van der Waals surface area (Å²) in [6.07, 6.45) is 9.63. The Morgan fingerprint density at radius 2 is 1.06 bits per heavy atom. The van der Waals surface area contributed by atoms with Gasteiger partial charge in [-0.15, -0.1) is 0 Å². The Labute approximate surface area is 406 Å². The molecule has 10 rings (SSSR count). The van der Waals surface area contributed by atoms with E-state index in [0.29, 0.717) is 0 Å². The molecule has 0 bridgehead atoms. The van der Waals surface area contributed by atoms with Crippen molar-refractivity contribution in [2.45, 2.75) is 71.6 Å².